The fourth-order valence-corrected chi connectivity index (χ4v) is 5.73. The number of rotatable bonds is 7. The number of fused-ring (bicyclic) bond motifs is 1. The van der Waals surface area contributed by atoms with E-state index in [1.54, 1.807) is 22.9 Å². The molecular weight excluding hydrogens is 504 g/mol. The van der Waals surface area contributed by atoms with Gasteiger partial charge in [-0.1, -0.05) is 6.58 Å². The molecule has 2 saturated heterocycles. The Morgan fingerprint density at radius 3 is 2.40 bits per heavy atom. The second-order valence-corrected chi connectivity index (χ2v) is 11.1. The van der Waals surface area contributed by atoms with Gasteiger partial charge in [-0.05, 0) is 64.2 Å². The van der Waals surface area contributed by atoms with Crippen molar-refractivity contribution in [3.8, 4) is 0 Å². The largest absolute Gasteiger partial charge is 0.368 e. The summed E-state index contributed by atoms with van der Waals surface area (Å²) in [5.41, 5.74) is 2.61. The van der Waals surface area contributed by atoms with Crippen molar-refractivity contribution in [3.63, 3.8) is 0 Å². The molecule has 0 bridgehead atoms. The second-order valence-electron chi connectivity index (χ2n) is 11.1. The van der Waals surface area contributed by atoms with Gasteiger partial charge in [-0.3, -0.25) is 24.0 Å². The number of aromatic nitrogens is 3. The molecule has 5 rings (SSSR count). The summed E-state index contributed by atoms with van der Waals surface area (Å²) in [5.74, 6) is 0.415. The third-order valence-corrected chi connectivity index (χ3v) is 8.43. The molecule has 10 heteroatoms. The number of pyridine rings is 1. The van der Waals surface area contributed by atoms with Gasteiger partial charge in [0.2, 0.25) is 11.9 Å². The molecule has 4 heterocycles. The van der Waals surface area contributed by atoms with Crippen molar-refractivity contribution in [2.45, 2.75) is 45.4 Å². The molecule has 2 fully saturated rings. The monoisotopic (exact) mass is 544 g/mol. The molecule has 10 nitrogen and oxygen atoms in total. The van der Waals surface area contributed by atoms with E-state index in [2.05, 4.69) is 71.5 Å². The minimum atomic E-state index is -0.0924. The number of carbonyl (C=O) groups is 1. The number of amides is 1. The van der Waals surface area contributed by atoms with E-state index < -0.39 is 0 Å². The summed E-state index contributed by atoms with van der Waals surface area (Å²) in [6.07, 6.45) is 3.12. The lowest BCUT2D eigenvalue weighted by atomic mass is 10.1. The average molecular weight is 545 g/mol. The molecule has 0 spiro atoms. The van der Waals surface area contributed by atoms with Crippen LogP contribution in [0.1, 0.15) is 20.8 Å². The number of hydrogen-bond acceptors (Lipinski definition) is 8. The van der Waals surface area contributed by atoms with Crippen LogP contribution in [0, 0.1) is 0 Å². The quantitative estimate of drug-likeness (QED) is 0.455. The first kappa shape index (κ1) is 27.8. The minimum absolute atomic E-state index is 0.0355. The zero-order chi connectivity index (χ0) is 28.4. The predicted molar refractivity (Wildman–Crippen MR) is 160 cm³/mol. The van der Waals surface area contributed by atoms with Crippen LogP contribution in [0.4, 0.5) is 17.3 Å². The number of nitrogens with one attached hydrogen (secondary N) is 1. The highest BCUT2D eigenvalue weighted by atomic mass is 16.2. The molecule has 3 atom stereocenters. The third kappa shape index (κ3) is 5.88. The van der Waals surface area contributed by atoms with Gasteiger partial charge in [0.15, 0.2) is 0 Å². The van der Waals surface area contributed by atoms with Crippen molar-refractivity contribution >= 4 is 34.3 Å². The van der Waals surface area contributed by atoms with Crippen molar-refractivity contribution in [1.82, 2.24) is 29.2 Å². The topological polar surface area (TPSA) is 89.8 Å². The van der Waals surface area contributed by atoms with Gasteiger partial charge >= 0.3 is 0 Å². The maximum Gasteiger partial charge on any atom is 0.252 e. The molecule has 0 aliphatic carbocycles. The van der Waals surface area contributed by atoms with Gasteiger partial charge < -0.3 is 15.1 Å². The Bertz CT molecular complexity index is 1410. The molecule has 212 valence electrons. The molecule has 1 N–H and O–H groups in total. The van der Waals surface area contributed by atoms with Crippen molar-refractivity contribution in [1.29, 1.82) is 0 Å². The Hall–Kier alpha value is -3.76. The molecule has 0 radical (unpaired) electrons. The van der Waals surface area contributed by atoms with Crippen LogP contribution < -0.4 is 15.8 Å². The molecular formula is C30H40N8O2. The number of nitrogens with zero attached hydrogens (tertiary/aromatic N) is 7. The van der Waals surface area contributed by atoms with Gasteiger partial charge in [-0.2, -0.15) is 4.98 Å². The lowest BCUT2D eigenvalue weighted by Gasteiger charge is -2.43. The van der Waals surface area contributed by atoms with Crippen LogP contribution in [0.2, 0.25) is 0 Å². The van der Waals surface area contributed by atoms with E-state index in [0.717, 1.165) is 30.7 Å². The number of benzene rings is 1. The molecule has 0 saturated carbocycles. The highest BCUT2D eigenvalue weighted by molar-refractivity contribution is 5.87. The van der Waals surface area contributed by atoms with Crippen LogP contribution in [0.3, 0.4) is 0 Å². The molecule has 1 amide bonds. The zero-order valence-corrected chi connectivity index (χ0v) is 24.0. The van der Waals surface area contributed by atoms with E-state index in [1.807, 2.05) is 17.0 Å². The molecule has 2 aliphatic heterocycles. The molecule has 2 aliphatic rings. The van der Waals surface area contributed by atoms with Gasteiger partial charge in [-0.15, -0.1) is 0 Å². The summed E-state index contributed by atoms with van der Waals surface area (Å²) in [4.78, 5) is 43.1. The van der Waals surface area contributed by atoms with Gasteiger partial charge in [0.25, 0.3) is 5.56 Å². The van der Waals surface area contributed by atoms with Crippen molar-refractivity contribution in [2.24, 2.45) is 0 Å². The van der Waals surface area contributed by atoms with E-state index >= 15 is 0 Å². The third-order valence-electron chi connectivity index (χ3n) is 8.43. The Morgan fingerprint density at radius 1 is 1.00 bits per heavy atom. The van der Waals surface area contributed by atoms with Crippen LogP contribution >= 0.6 is 0 Å². The lowest BCUT2D eigenvalue weighted by Crippen LogP contribution is -2.55. The number of carbonyl (C=O) groups excluding carboxylic acids is 1. The van der Waals surface area contributed by atoms with Gasteiger partial charge in [0.05, 0.1) is 0 Å². The van der Waals surface area contributed by atoms with Crippen molar-refractivity contribution in [2.75, 3.05) is 56.5 Å². The number of piperazine rings is 2. The maximum atomic E-state index is 12.9. The maximum absolute atomic E-state index is 12.9. The first-order valence-electron chi connectivity index (χ1n) is 14.1. The van der Waals surface area contributed by atoms with Crippen molar-refractivity contribution < 1.29 is 4.79 Å². The van der Waals surface area contributed by atoms with Crippen LogP contribution in [0.15, 0.2) is 60.0 Å². The lowest BCUT2D eigenvalue weighted by molar-refractivity contribution is -0.128. The number of hydrogen-bond donors (Lipinski definition) is 1. The zero-order valence-electron chi connectivity index (χ0n) is 24.0. The standard InChI is InChI=1S/C30H40N8O2/c1-6-27(39)36-14-13-35(23(4)20-36)15-16-38-28(40)12-7-24-17-31-30(33-29(24)38)32-25-8-10-26(11-9-25)37-18-21(2)34(5)22(3)19-37/h6-12,17,21-23H,1,13-16,18-20H2,2-5H3,(H,31,32,33). The normalized spacial score (nSPS) is 22.4. The minimum Gasteiger partial charge on any atom is -0.368 e. The Labute approximate surface area is 235 Å². The summed E-state index contributed by atoms with van der Waals surface area (Å²) in [6.45, 7) is 15.5. The second kappa shape index (κ2) is 11.8. The fourth-order valence-electron chi connectivity index (χ4n) is 5.73. The van der Waals surface area contributed by atoms with E-state index in [-0.39, 0.29) is 17.5 Å². The van der Waals surface area contributed by atoms with Gasteiger partial charge in [0.1, 0.15) is 5.65 Å². The number of anilines is 3. The number of likely N-dealkylation sites (N-methyl/N-ethyl adjacent to an activating group) is 1. The summed E-state index contributed by atoms with van der Waals surface area (Å²) >= 11 is 0. The Morgan fingerprint density at radius 2 is 1.73 bits per heavy atom. The Balaban J connectivity index is 1.28. The average Bonchev–Trinajstić information content (AvgIpc) is 2.95. The highest BCUT2D eigenvalue weighted by Crippen LogP contribution is 2.24. The van der Waals surface area contributed by atoms with Gasteiger partial charge in [-0.25, -0.2) is 4.98 Å². The van der Waals surface area contributed by atoms with Crippen LogP contribution in [0.25, 0.3) is 11.0 Å². The molecule has 2 aromatic heterocycles. The predicted octanol–water partition coefficient (Wildman–Crippen LogP) is 2.78. The smallest absolute Gasteiger partial charge is 0.252 e. The van der Waals surface area contributed by atoms with E-state index in [9.17, 15) is 9.59 Å². The highest BCUT2D eigenvalue weighted by Gasteiger charge is 2.27. The van der Waals surface area contributed by atoms with E-state index in [4.69, 9.17) is 4.98 Å². The van der Waals surface area contributed by atoms with Crippen LogP contribution in [-0.4, -0.2) is 99.6 Å². The summed E-state index contributed by atoms with van der Waals surface area (Å²) in [6, 6.07) is 12.9. The molecule has 1 aromatic carbocycles. The van der Waals surface area contributed by atoms with Gasteiger partial charge in [0, 0.05) is 93.0 Å². The van der Waals surface area contributed by atoms with Crippen molar-refractivity contribution in [3.05, 3.63) is 65.6 Å². The molecule has 40 heavy (non-hydrogen) atoms. The first-order valence-corrected chi connectivity index (χ1v) is 14.1. The SMILES string of the molecule is C=CC(=O)N1CCN(CCn2c(=O)ccc3cnc(Nc4ccc(N5CC(C)N(C)C(C)C5)cc4)nc32)C(C)C1. The summed E-state index contributed by atoms with van der Waals surface area (Å²) in [7, 11) is 2.19. The summed E-state index contributed by atoms with van der Waals surface area (Å²) in [5, 5.41) is 4.12. The Kier molecular flexibility index (Phi) is 8.18. The van der Waals surface area contributed by atoms with E-state index in [0.29, 0.717) is 49.9 Å². The van der Waals surface area contributed by atoms with E-state index in [1.165, 1.54) is 11.8 Å². The molecule has 3 unspecified atom stereocenters. The summed E-state index contributed by atoms with van der Waals surface area (Å²) < 4.78 is 1.72. The van der Waals surface area contributed by atoms with Crippen LogP contribution in [0.5, 0.6) is 0 Å². The van der Waals surface area contributed by atoms with Crippen LogP contribution in [-0.2, 0) is 11.3 Å². The molecule has 3 aromatic rings. The fraction of sp³-hybridized carbons (Fsp3) is 0.467. The first-order chi connectivity index (χ1) is 19.2.